The van der Waals surface area contributed by atoms with Crippen LogP contribution in [-0.4, -0.2) is 10.9 Å². The quantitative estimate of drug-likeness (QED) is 0.836. The Balaban J connectivity index is 2.13. The molecular formula is C15H18N2OS. The molecule has 100 valence electrons. The number of fused-ring (bicyclic) bond motifs is 1. The molecular weight excluding hydrogens is 256 g/mol. The third-order valence-corrected chi connectivity index (χ3v) is 3.44. The van der Waals surface area contributed by atoms with Gasteiger partial charge in [-0.1, -0.05) is 44.3 Å². The van der Waals surface area contributed by atoms with Gasteiger partial charge < -0.3 is 0 Å². The van der Waals surface area contributed by atoms with E-state index in [1.165, 1.54) is 16.9 Å². The molecule has 0 aliphatic rings. The number of nitrogens with zero attached hydrogens (tertiary/aromatic N) is 1. The molecule has 0 atom stereocenters. The molecule has 19 heavy (non-hydrogen) atoms. The molecule has 0 aliphatic carbocycles. The van der Waals surface area contributed by atoms with Gasteiger partial charge >= 0.3 is 0 Å². The number of thiazole rings is 1. The molecule has 1 N–H and O–H groups in total. The first-order chi connectivity index (χ1) is 8.83. The minimum atomic E-state index is -0.134. The van der Waals surface area contributed by atoms with Crippen LogP contribution in [0.15, 0.2) is 30.4 Å². The molecule has 0 spiro atoms. The number of aryl methyl sites for hydroxylation is 1. The number of amides is 1. The molecule has 0 aliphatic heterocycles. The van der Waals surface area contributed by atoms with E-state index in [-0.39, 0.29) is 11.3 Å². The zero-order chi connectivity index (χ0) is 14.0. The van der Waals surface area contributed by atoms with Crippen molar-refractivity contribution in [1.29, 1.82) is 0 Å². The number of aromatic nitrogens is 1. The van der Waals surface area contributed by atoms with E-state index in [1.807, 2.05) is 25.1 Å². The Morgan fingerprint density at radius 3 is 2.79 bits per heavy atom. The lowest BCUT2D eigenvalue weighted by atomic mass is 9.96. The monoisotopic (exact) mass is 274 g/mol. The number of anilines is 1. The maximum absolute atomic E-state index is 11.8. The predicted molar refractivity (Wildman–Crippen MR) is 81.6 cm³/mol. The first kappa shape index (κ1) is 13.7. The highest BCUT2D eigenvalue weighted by atomic mass is 32.1. The van der Waals surface area contributed by atoms with E-state index in [0.717, 1.165) is 10.2 Å². The van der Waals surface area contributed by atoms with Gasteiger partial charge in [0.05, 0.1) is 10.2 Å². The highest BCUT2D eigenvalue weighted by Crippen LogP contribution is 2.26. The van der Waals surface area contributed by atoms with Gasteiger partial charge in [-0.25, -0.2) is 4.98 Å². The smallest absolute Gasteiger partial charge is 0.249 e. The second-order valence-electron chi connectivity index (χ2n) is 5.68. The summed E-state index contributed by atoms with van der Waals surface area (Å²) in [5, 5.41) is 3.45. The minimum absolute atomic E-state index is 0.00203. The summed E-state index contributed by atoms with van der Waals surface area (Å²) in [6.45, 7) is 8.20. The third-order valence-electron chi connectivity index (χ3n) is 2.51. The summed E-state index contributed by atoms with van der Waals surface area (Å²) in [4.78, 5) is 16.2. The Morgan fingerprint density at radius 2 is 2.11 bits per heavy atom. The molecule has 0 saturated carbocycles. The van der Waals surface area contributed by atoms with E-state index in [9.17, 15) is 4.79 Å². The van der Waals surface area contributed by atoms with Crippen molar-refractivity contribution < 1.29 is 4.79 Å². The normalized spacial score (nSPS) is 12.2. The fraction of sp³-hybridized carbons (Fsp3) is 0.333. The Hall–Kier alpha value is -1.68. The van der Waals surface area contributed by atoms with E-state index in [0.29, 0.717) is 5.13 Å². The average molecular weight is 274 g/mol. The van der Waals surface area contributed by atoms with Gasteiger partial charge in [-0.05, 0) is 36.1 Å². The molecule has 0 bridgehead atoms. The number of benzene rings is 1. The van der Waals surface area contributed by atoms with E-state index in [2.05, 4.69) is 37.1 Å². The van der Waals surface area contributed by atoms with Crippen LogP contribution in [0.4, 0.5) is 5.13 Å². The van der Waals surface area contributed by atoms with Gasteiger partial charge in [-0.3, -0.25) is 10.1 Å². The van der Waals surface area contributed by atoms with Crippen molar-refractivity contribution in [3.8, 4) is 0 Å². The zero-order valence-electron chi connectivity index (χ0n) is 11.7. The molecule has 0 radical (unpaired) electrons. The fourth-order valence-corrected chi connectivity index (χ4v) is 2.53. The Morgan fingerprint density at radius 1 is 1.37 bits per heavy atom. The third kappa shape index (κ3) is 3.89. The number of hydrogen-bond donors (Lipinski definition) is 1. The number of hydrogen-bond acceptors (Lipinski definition) is 3. The number of allylic oxidation sites excluding steroid dienone is 1. The average Bonchev–Trinajstić information content (AvgIpc) is 2.66. The van der Waals surface area contributed by atoms with Crippen LogP contribution in [-0.2, 0) is 4.79 Å². The summed E-state index contributed by atoms with van der Waals surface area (Å²) in [7, 11) is 0. The molecule has 3 nitrogen and oxygen atoms in total. The Kier molecular flexibility index (Phi) is 3.71. The van der Waals surface area contributed by atoms with Gasteiger partial charge in [0.25, 0.3) is 0 Å². The summed E-state index contributed by atoms with van der Waals surface area (Å²) in [6, 6.07) is 6.07. The van der Waals surface area contributed by atoms with Crippen LogP contribution in [0.25, 0.3) is 10.2 Å². The van der Waals surface area contributed by atoms with E-state index in [4.69, 9.17) is 0 Å². The SMILES string of the molecule is Cc1ccc2nc(NC(=O)/C=C/C(C)(C)C)sc2c1. The Bertz CT molecular complexity index is 635. The molecule has 2 aromatic rings. The molecule has 1 heterocycles. The lowest BCUT2D eigenvalue weighted by Crippen LogP contribution is -2.09. The first-order valence-corrected chi connectivity index (χ1v) is 7.02. The largest absolute Gasteiger partial charge is 0.298 e. The van der Waals surface area contributed by atoms with Gasteiger partial charge in [0.2, 0.25) is 5.91 Å². The molecule has 1 aromatic heterocycles. The number of carbonyl (C=O) groups is 1. The van der Waals surface area contributed by atoms with Gasteiger partial charge in [0.1, 0.15) is 0 Å². The lowest BCUT2D eigenvalue weighted by molar-refractivity contribution is -0.112. The maximum atomic E-state index is 11.8. The summed E-state index contributed by atoms with van der Waals surface area (Å²) in [5.41, 5.74) is 2.12. The van der Waals surface area contributed by atoms with Crippen molar-refractivity contribution in [2.45, 2.75) is 27.7 Å². The van der Waals surface area contributed by atoms with Crippen LogP contribution in [0, 0.1) is 12.3 Å². The van der Waals surface area contributed by atoms with Crippen LogP contribution in [0.3, 0.4) is 0 Å². The standard InChI is InChI=1S/C15H18N2OS/c1-10-5-6-11-12(9-10)19-14(16-11)17-13(18)7-8-15(2,3)4/h5-9H,1-4H3,(H,16,17,18)/b8-7+. The van der Waals surface area contributed by atoms with Crippen LogP contribution < -0.4 is 5.32 Å². The highest BCUT2D eigenvalue weighted by molar-refractivity contribution is 7.22. The molecule has 0 saturated heterocycles. The lowest BCUT2D eigenvalue weighted by Gasteiger charge is -2.10. The second kappa shape index (κ2) is 5.13. The highest BCUT2D eigenvalue weighted by Gasteiger charge is 2.08. The fourth-order valence-electron chi connectivity index (χ4n) is 1.56. The van der Waals surface area contributed by atoms with Gasteiger partial charge in [0, 0.05) is 0 Å². The predicted octanol–water partition coefficient (Wildman–Crippen LogP) is 4.15. The summed E-state index contributed by atoms with van der Waals surface area (Å²) >= 11 is 1.50. The summed E-state index contributed by atoms with van der Waals surface area (Å²) in [6.07, 6.45) is 3.46. The maximum Gasteiger partial charge on any atom is 0.249 e. The minimum Gasteiger partial charge on any atom is -0.298 e. The summed E-state index contributed by atoms with van der Waals surface area (Å²) in [5.74, 6) is -0.134. The van der Waals surface area contributed by atoms with Crippen LogP contribution in [0.2, 0.25) is 0 Å². The molecule has 4 heteroatoms. The first-order valence-electron chi connectivity index (χ1n) is 6.21. The Labute approximate surface area is 117 Å². The van der Waals surface area contributed by atoms with Crippen LogP contribution in [0.5, 0.6) is 0 Å². The van der Waals surface area contributed by atoms with Crippen LogP contribution in [0.1, 0.15) is 26.3 Å². The van der Waals surface area contributed by atoms with Crippen molar-refractivity contribution in [3.05, 3.63) is 35.9 Å². The van der Waals surface area contributed by atoms with Crippen molar-refractivity contribution in [2.75, 3.05) is 5.32 Å². The zero-order valence-corrected chi connectivity index (χ0v) is 12.5. The summed E-state index contributed by atoms with van der Waals surface area (Å²) < 4.78 is 1.09. The van der Waals surface area contributed by atoms with Crippen molar-refractivity contribution >= 4 is 32.6 Å². The van der Waals surface area contributed by atoms with Crippen molar-refractivity contribution in [1.82, 2.24) is 4.98 Å². The number of carbonyl (C=O) groups excluding carboxylic acids is 1. The van der Waals surface area contributed by atoms with Crippen LogP contribution >= 0.6 is 11.3 Å². The van der Waals surface area contributed by atoms with E-state index < -0.39 is 0 Å². The molecule has 2 rings (SSSR count). The van der Waals surface area contributed by atoms with Crippen molar-refractivity contribution in [2.24, 2.45) is 5.41 Å². The van der Waals surface area contributed by atoms with Crippen molar-refractivity contribution in [3.63, 3.8) is 0 Å². The van der Waals surface area contributed by atoms with Gasteiger partial charge in [-0.15, -0.1) is 0 Å². The number of rotatable bonds is 2. The second-order valence-corrected chi connectivity index (χ2v) is 6.71. The van der Waals surface area contributed by atoms with Gasteiger partial charge in [-0.2, -0.15) is 0 Å². The number of nitrogens with one attached hydrogen (secondary N) is 1. The molecule has 1 amide bonds. The van der Waals surface area contributed by atoms with E-state index >= 15 is 0 Å². The molecule has 0 fully saturated rings. The van der Waals surface area contributed by atoms with Gasteiger partial charge in [0.15, 0.2) is 5.13 Å². The topological polar surface area (TPSA) is 42.0 Å². The van der Waals surface area contributed by atoms with E-state index in [1.54, 1.807) is 6.08 Å². The molecule has 0 unspecified atom stereocenters. The molecule has 1 aromatic carbocycles.